The van der Waals surface area contributed by atoms with Gasteiger partial charge < -0.3 is 14.7 Å². The number of hydrogen-bond acceptors (Lipinski definition) is 6. The highest BCUT2D eigenvalue weighted by atomic mass is 16.5. The first kappa shape index (κ1) is 23.6. The van der Waals surface area contributed by atoms with Crippen LogP contribution in [0.15, 0.2) is 34.9 Å². The highest BCUT2D eigenvalue weighted by Crippen LogP contribution is 2.61. The predicted octanol–water partition coefficient (Wildman–Crippen LogP) is 3.66. The third-order valence-electron chi connectivity index (χ3n) is 9.18. The van der Waals surface area contributed by atoms with E-state index < -0.39 is 0 Å². The van der Waals surface area contributed by atoms with Gasteiger partial charge in [0, 0.05) is 38.2 Å². The predicted molar refractivity (Wildman–Crippen MR) is 135 cm³/mol. The molecule has 7 rings (SSSR count). The largest absolute Gasteiger partial charge is 0.347 e. The Morgan fingerprint density at radius 3 is 2.31 bits per heavy atom. The molecule has 36 heavy (non-hydrogen) atoms. The van der Waals surface area contributed by atoms with Gasteiger partial charge in [-0.05, 0) is 68.6 Å². The van der Waals surface area contributed by atoms with Gasteiger partial charge in [0.2, 0.25) is 23.5 Å². The van der Waals surface area contributed by atoms with Crippen molar-refractivity contribution in [2.45, 2.75) is 57.9 Å². The molecule has 4 saturated carbocycles. The maximum atomic E-state index is 12.8. The molecule has 0 spiro atoms. The average molecular weight is 492 g/mol. The summed E-state index contributed by atoms with van der Waals surface area (Å²) < 4.78 is 5.54. The van der Waals surface area contributed by atoms with Crippen LogP contribution in [0.4, 0.5) is 0 Å². The van der Waals surface area contributed by atoms with E-state index >= 15 is 0 Å². The molecule has 2 amide bonds. The van der Waals surface area contributed by atoms with Crippen LogP contribution in [0.1, 0.15) is 63.8 Å². The number of piperazine rings is 1. The van der Waals surface area contributed by atoms with E-state index in [-0.39, 0.29) is 29.8 Å². The fourth-order valence-electron chi connectivity index (χ4n) is 7.82. The van der Waals surface area contributed by atoms with Crippen molar-refractivity contribution in [1.82, 2.24) is 25.3 Å². The van der Waals surface area contributed by atoms with Gasteiger partial charge >= 0.3 is 0 Å². The Morgan fingerprint density at radius 1 is 1.03 bits per heavy atom. The van der Waals surface area contributed by atoms with Crippen LogP contribution in [-0.4, -0.2) is 64.5 Å². The van der Waals surface area contributed by atoms with Crippen LogP contribution in [0.5, 0.6) is 0 Å². The fourth-order valence-corrected chi connectivity index (χ4v) is 7.82. The molecule has 4 bridgehead atoms. The first-order chi connectivity index (χ1) is 17.5. The number of aromatic nitrogens is 2. The Kier molecular flexibility index (Phi) is 6.32. The molecule has 1 aromatic heterocycles. The lowest BCUT2D eigenvalue weighted by Crippen LogP contribution is -2.52. The van der Waals surface area contributed by atoms with Gasteiger partial charge in [0.05, 0.1) is 12.6 Å². The van der Waals surface area contributed by atoms with Crippen molar-refractivity contribution in [2.24, 2.45) is 23.2 Å². The highest BCUT2D eigenvalue weighted by Gasteiger charge is 2.51. The molecule has 192 valence electrons. The topological polar surface area (TPSA) is 91.6 Å². The zero-order chi connectivity index (χ0) is 24.7. The van der Waals surface area contributed by atoms with E-state index in [1.807, 2.05) is 35.2 Å². The molecule has 5 fully saturated rings. The van der Waals surface area contributed by atoms with Crippen molar-refractivity contribution >= 4 is 11.8 Å². The lowest BCUT2D eigenvalue weighted by Gasteiger charge is -2.56. The van der Waals surface area contributed by atoms with E-state index in [9.17, 15) is 9.59 Å². The van der Waals surface area contributed by atoms with E-state index in [4.69, 9.17) is 4.52 Å². The van der Waals surface area contributed by atoms with Crippen molar-refractivity contribution in [2.75, 3.05) is 32.7 Å². The highest BCUT2D eigenvalue weighted by molar-refractivity contribution is 5.85. The van der Waals surface area contributed by atoms with E-state index in [2.05, 4.69) is 27.3 Å². The number of nitrogens with one attached hydrogen (secondary N) is 1. The molecule has 1 aliphatic heterocycles. The van der Waals surface area contributed by atoms with Gasteiger partial charge in [0.1, 0.15) is 0 Å². The Hall–Kier alpha value is -2.74. The van der Waals surface area contributed by atoms with Crippen LogP contribution < -0.4 is 5.32 Å². The van der Waals surface area contributed by atoms with Crippen molar-refractivity contribution in [3.8, 4) is 11.4 Å². The van der Waals surface area contributed by atoms with Gasteiger partial charge in [0.15, 0.2) is 0 Å². The summed E-state index contributed by atoms with van der Waals surface area (Å²) in [5.41, 5.74) is 1.14. The monoisotopic (exact) mass is 491 g/mol. The summed E-state index contributed by atoms with van der Waals surface area (Å²) in [4.78, 5) is 34.3. The molecule has 1 aromatic carbocycles. The molecule has 1 saturated heterocycles. The molecule has 2 heterocycles. The van der Waals surface area contributed by atoms with Crippen molar-refractivity contribution in [3.63, 3.8) is 0 Å². The second kappa shape index (κ2) is 9.61. The second-order valence-electron chi connectivity index (χ2n) is 11.8. The molecular formula is C28H37N5O3. The summed E-state index contributed by atoms with van der Waals surface area (Å²) >= 11 is 0. The van der Waals surface area contributed by atoms with Gasteiger partial charge in [0.25, 0.3) is 0 Å². The summed E-state index contributed by atoms with van der Waals surface area (Å²) in [5, 5.41) is 7.09. The molecule has 1 N–H and O–H groups in total. The first-order valence-electron chi connectivity index (χ1n) is 13.6. The maximum absolute atomic E-state index is 12.8. The lowest BCUT2D eigenvalue weighted by atomic mass is 9.49. The molecule has 1 atom stereocenters. The van der Waals surface area contributed by atoms with E-state index in [0.717, 1.165) is 36.4 Å². The summed E-state index contributed by atoms with van der Waals surface area (Å²) in [6.45, 7) is 4.89. The Bertz CT molecular complexity index is 1060. The number of carbonyl (C=O) groups is 2. The Balaban J connectivity index is 0.960. The molecule has 8 heteroatoms. The Morgan fingerprint density at radius 2 is 1.67 bits per heavy atom. The van der Waals surface area contributed by atoms with Crippen molar-refractivity contribution < 1.29 is 14.1 Å². The standard InChI is InChI=1S/C28H37N5O3/c1-19(27-30-26(31-36-27)23-5-3-2-4-6-23)32-7-9-33(10-8-32)25(35)18-29-24(34)17-28-14-20-11-21(15-28)13-22(12-20)16-28/h2-6,19-22H,7-18H2,1H3,(H,29,34). The van der Waals surface area contributed by atoms with Gasteiger partial charge in [-0.25, -0.2) is 0 Å². The SMILES string of the molecule is CC(c1nc(-c2ccccc2)no1)N1CCN(C(=O)CNC(=O)CC23CC4CC(CC(C4)C2)C3)CC1. The second-order valence-corrected chi connectivity index (χ2v) is 11.8. The zero-order valence-electron chi connectivity index (χ0n) is 21.2. The molecule has 8 nitrogen and oxygen atoms in total. The number of hydrogen-bond donors (Lipinski definition) is 1. The normalized spacial score (nSPS) is 30.4. The molecule has 2 aromatic rings. The number of benzene rings is 1. The maximum Gasteiger partial charge on any atom is 0.244 e. The van der Waals surface area contributed by atoms with Gasteiger partial charge in [-0.3, -0.25) is 14.5 Å². The van der Waals surface area contributed by atoms with E-state index in [1.165, 1.54) is 38.5 Å². The molecule has 5 aliphatic rings. The summed E-state index contributed by atoms with van der Waals surface area (Å²) in [6.07, 6.45) is 8.39. The minimum Gasteiger partial charge on any atom is -0.347 e. The number of amides is 2. The quantitative estimate of drug-likeness (QED) is 0.636. The minimum absolute atomic E-state index is 0.00493. The molecule has 0 radical (unpaired) electrons. The summed E-state index contributed by atoms with van der Waals surface area (Å²) in [5.74, 6) is 3.75. The number of carbonyl (C=O) groups excluding carboxylic acids is 2. The molecular weight excluding hydrogens is 454 g/mol. The third kappa shape index (κ3) is 4.80. The van der Waals surface area contributed by atoms with Gasteiger partial charge in [-0.2, -0.15) is 4.98 Å². The van der Waals surface area contributed by atoms with Crippen molar-refractivity contribution in [3.05, 3.63) is 36.2 Å². The zero-order valence-corrected chi connectivity index (χ0v) is 21.2. The summed E-state index contributed by atoms with van der Waals surface area (Å²) in [6, 6.07) is 9.78. The summed E-state index contributed by atoms with van der Waals surface area (Å²) in [7, 11) is 0. The van der Waals surface area contributed by atoms with E-state index in [1.54, 1.807) is 0 Å². The Labute approximate surface area is 212 Å². The fraction of sp³-hybridized carbons (Fsp3) is 0.643. The van der Waals surface area contributed by atoms with Crippen LogP contribution in [0.25, 0.3) is 11.4 Å². The van der Waals surface area contributed by atoms with Crippen LogP contribution in [-0.2, 0) is 9.59 Å². The van der Waals surface area contributed by atoms with Gasteiger partial charge in [-0.1, -0.05) is 35.5 Å². The van der Waals surface area contributed by atoms with Gasteiger partial charge in [-0.15, -0.1) is 0 Å². The number of nitrogens with zero attached hydrogens (tertiary/aromatic N) is 4. The van der Waals surface area contributed by atoms with Crippen molar-refractivity contribution in [1.29, 1.82) is 0 Å². The third-order valence-corrected chi connectivity index (χ3v) is 9.18. The van der Waals surface area contributed by atoms with Crippen LogP contribution in [0.3, 0.4) is 0 Å². The average Bonchev–Trinajstić information content (AvgIpc) is 3.37. The minimum atomic E-state index is -0.0211. The number of rotatable bonds is 7. The van der Waals surface area contributed by atoms with Crippen LogP contribution in [0, 0.1) is 23.2 Å². The molecule has 1 unspecified atom stereocenters. The lowest BCUT2D eigenvalue weighted by molar-refractivity contribution is -0.136. The smallest absolute Gasteiger partial charge is 0.244 e. The van der Waals surface area contributed by atoms with E-state index in [0.29, 0.717) is 31.2 Å². The first-order valence-corrected chi connectivity index (χ1v) is 13.6. The van der Waals surface area contributed by atoms with Crippen LogP contribution >= 0.6 is 0 Å². The molecule has 4 aliphatic carbocycles. The van der Waals surface area contributed by atoms with Crippen LogP contribution in [0.2, 0.25) is 0 Å².